The molecule has 0 saturated heterocycles. The lowest BCUT2D eigenvalue weighted by atomic mass is 10.1. The zero-order valence-electron chi connectivity index (χ0n) is 22.5. The first-order chi connectivity index (χ1) is 19.5. The molecule has 0 aliphatic heterocycles. The van der Waals surface area contributed by atoms with Crippen LogP contribution in [0.25, 0.3) is 16.9 Å². The number of nitrogens with one attached hydrogen (secondary N) is 1. The van der Waals surface area contributed by atoms with E-state index < -0.39 is 0 Å². The highest BCUT2D eigenvalue weighted by Gasteiger charge is 2.12. The zero-order valence-corrected chi connectivity index (χ0v) is 22.5. The van der Waals surface area contributed by atoms with Gasteiger partial charge in [0.1, 0.15) is 23.8 Å². The number of ether oxygens (including phenoxy) is 2. The quantitative estimate of drug-likeness (QED) is 0.171. The van der Waals surface area contributed by atoms with Gasteiger partial charge in [-0.05, 0) is 79.1 Å². The molecule has 0 bridgehead atoms. The first-order valence-electron chi connectivity index (χ1n) is 13.0. The van der Waals surface area contributed by atoms with Crippen LogP contribution in [-0.4, -0.2) is 28.5 Å². The van der Waals surface area contributed by atoms with Crippen LogP contribution in [0.4, 0.5) is 0 Å². The van der Waals surface area contributed by atoms with E-state index in [0.717, 1.165) is 39.4 Å². The van der Waals surface area contributed by atoms with Gasteiger partial charge < -0.3 is 9.47 Å². The van der Waals surface area contributed by atoms with Gasteiger partial charge in [0.2, 0.25) is 0 Å². The van der Waals surface area contributed by atoms with Crippen LogP contribution in [0.2, 0.25) is 0 Å². The number of benzene rings is 4. The normalized spacial score (nSPS) is 10.9. The van der Waals surface area contributed by atoms with Gasteiger partial charge in [0, 0.05) is 17.3 Å². The number of hydrazone groups is 1. The Balaban J connectivity index is 1.29. The summed E-state index contributed by atoms with van der Waals surface area (Å²) in [7, 11) is 0. The molecule has 5 rings (SSSR count). The van der Waals surface area contributed by atoms with Gasteiger partial charge >= 0.3 is 0 Å². The fraction of sp³-hybridized carbons (Fsp3) is 0.121. The van der Waals surface area contributed by atoms with Crippen molar-refractivity contribution in [3.8, 4) is 28.4 Å². The minimum atomic E-state index is -0.355. The summed E-state index contributed by atoms with van der Waals surface area (Å²) >= 11 is 0. The van der Waals surface area contributed by atoms with Gasteiger partial charge in [-0.25, -0.2) is 10.1 Å². The number of carbonyl (C=O) groups excluding carboxylic acids is 1. The van der Waals surface area contributed by atoms with Gasteiger partial charge in [-0.3, -0.25) is 4.79 Å². The average Bonchev–Trinajstić information content (AvgIpc) is 3.42. The van der Waals surface area contributed by atoms with E-state index in [1.54, 1.807) is 10.9 Å². The van der Waals surface area contributed by atoms with Gasteiger partial charge in [-0.2, -0.15) is 10.2 Å². The Morgan fingerprint density at radius 2 is 1.55 bits per heavy atom. The van der Waals surface area contributed by atoms with Crippen molar-refractivity contribution in [3.63, 3.8) is 0 Å². The van der Waals surface area contributed by atoms with E-state index in [1.165, 1.54) is 5.56 Å². The summed E-state index contributed by atoms with van der Waals surface area (Å²) in [5.41, 5.74) is 9.21. The van der Waals surface area contributed by atoms with E-state index in [9.17, 15) is 4.79 Å². The standard InChI is InChI=1S/C33H30N4O3/c1-24-13-16-31(19-25(24)2)40-23-32(38)35-34-20-28-21-37(29-11-7-4-8-12-29)36-33(28)27-14-17-30(18-15-27)39-22-26-9-5-3-6-10-26/h3-21H,22-23H2,1-2H3,(H,35,38)/b34-20-. The van der Waals surface area contributed by atoms with Crippen LogP contribution >= 0.6 is 0 Å². The molecule has 1 heterocycles. The van der Waals surface area contributed by atoms with Gasteiger partial charge in [0.25, 0.3) is 5.91 Å². The summed E-state index contributed by atoms with van der Waals surface area (Å²) in [6, 6.07) is 33.4. The van der Waals surface area contributed by atoms with E-state index in [2.05, 4.69) is 10.5 Å². The van der Waals surface area contributed by atoms with Gasteiger partial charge in [0.05, 0.1) is 11.9 Å². The third kappa shape index (κ3) is 6.82. The molecule has 1 N–H and O–H groups in total. The summed E-state index contributed by atoms with van der Waals surface area (Å²) in [5, 5.41) is 8.99. The molecule has 0 unspecified atom stereocenters. The highest BCUT2D eigenvalue weighted by molar-refractivity contribution is 5.89. The third-order valence-electron chi connectivity index (χ3n) is 6.38. The predicted octanol–water partition coefficient (Wildman–Crippen LogP) is 6.26. The number of hydrogen-bond donors (Lipinski definition) is 1. The fourth-order valence-electron chi connectivity index (χ4n) is 4.03. The Hall–Kier alpha value is -5.17. The van der Waals surface area contributed by atoms with Crippen LogP contribution in [0.15, 0.2) is 114 Å². The maximum atomic E-state index is 12.4. The van der Waals surface area contributed by atoms with Crippen molar-refractivity contribution in [2.24, 2.45) is 5.10 Å². The molecule has 1 amide bonds. The Kier molecular flexibility index (Phi) is 8.32. The second-order valence-electron chi connectivity index (χ2n) is 9.34. The van der Waals surface area contributed by atoms with Crippen molar-refractivity contribution < 1.29 is 14.3 Å². The lowest BCUT2D eigenvalue weighted by Crippen LogP contribution is -2.24. The number of hydrogen-bond acceptors (Lipinski definition) is 5. The Labute approximate surface area is 233 Å². The SMILES string of the molecule is Cc1ccc(OCC(=O)N/N=C\c2cn(-c3ccccc3)nc2-c2ccc(OCc3ccccc3)cc2)cc1C. The zero-order chi connectivity index (χ0) is 27.7. The van der Waals surface area contributed by atoms with Crippen molar-refractivity contribution in [1.29, 1.82) is 0 Å². The maximum absolute atomic E-state index is 12.4. The molecule has 1 aromatic heterocycles. The number of aryl methyl sites for hydroxylation is 2. The molecule has 0 aliphatic rings. The summed E-state index contributed by atoms with van der Waals surface area (Å²) in [6.07, 6.45) is 3.47. The molecule has 40 heavy (non-hydrogen) atoms. The van der Waals surface area contributed by atoms with Crippen LogP contribution in [0.5, 0.6) is 11.5 Å². The molecular formula is C33H30N4O3. The number of nitrogens with zero attached hydrogens (tertiary/aromatic N) is 3. The molecule has 7 nitrogen and oxygen atoms in total. The smallest absolute Gasteiger partial charge is 0.277 e. The molecule has 4 aromatic carbocycles. The van der Waals surface area contributed by atoms with Crippen molar-refractivity contribution in [3.05, 3.63) is 132 Å². The molecule has 0 spiro atoms. The molecule has 5 aromatic rings. The number of carbonyl (C=O) groups is 1. The Morgan fingerprint density at radius 3 is 2.27 bits per heavy atom. The van der Waals surface area contributed by atoms with E-state index in [1.807, 2.05) is 123 Å². The van der Waals surface area contributed by atoms with Crippen LogP contribution in [0, 0.1) is 13.8 Å². The lowest BCUT2D eigenvalue weighted by Gasteiger charge is -2.07. The van der Waals surface area contributed by atoms with E-state index in [-0.39, 0.29) is 12.5 Å². The van der Waals surface area contributed by atoms with E-state index >= 15 is 0 Å². The first-order valence-corrected chi connectivity index (χ1v) is 13.0. The molecular weight excluding hydrogens is 500 g/mol. The van der Waals surface area contributed by atoms with Crippen molar-refractivity contribution in [1.82, 2.24) is 15.2 Å². The number of amides is 1. The van der Waals surface area contributed by atoms with Crippen LogP contribution in [0.3, 0.4) is 0 Å². The molecule has 0 saturated carbocycles. The highest BCUT2D eigenvalue weighted by atomic mass is 16.5. The van der Waals surface area contributed by atoms with Gasteiger partial charge in [0.15, 0.2) is 6.61 Å². The van der Waals surface area contributed by atoms with Crippen molar-refractivity contribution >= 4 is 12.1 Å². The Morgan fingerprint density at radius 1 is 0.850 bits per heavy atom. The van der Waals surface area contributed by atoms with Crippen molar-refractivity contribution in [2.75, 3.05) is 6.61 Å². The minimum Gasteiger partial charge on any atom is -0.489 e. The summed E-state index contributed by atoms with van der Waals surface area (Å²) in [5.74, 6) is 1.05. The summed E-state index contributed by atoms with van der Waals surface area (Å²) < 4.78 is 13.3. The van der Waals surface area contributed by atoms with Crippen LogP contribution < -0.4 is 14.9 Å². The monoisotopic (exact) mass is 530 g/mol. The predicted molar refractivity (Wildman–Crippen MR) is 157 cm³/mol. The minimum absolute atomic E-state index is 0.138. The van der Waals surface area contributed by atoms with E-state index in [4.69, 9.17) is 14.6 Å². The van der Waals surface area contributed by atoms with E-state index in [0.29, 0.717) is 12.4 Å². The summed E-state index contributed by atoms with van der Waals surface area (Å²) in [6.45, 7) is 4.39. The maximum Gasteiger partial charge on any atom is 0.277 e. The van der Waals surface area contributed by atoms with Gasteiger partial charge in [-0.1, -0.05) is 54.6 Å². The molecule has 0 atom stereocenters. The molecule has 7 heteroatoms. The molecule has 200 valence electrons. The third-order valence-corrected chi connectivity index (χ3v) is 6.38. The highest BCUT2D eigenvalue weighted by Crippen LogP contribution is 2.25. The largest absolute Gasteiger partial charge is 0.489 e. The van der Waals surface area contributed by atoms with Crippen LogP contribution in [-0.2, 0) is 11.4 Å². The van der Waals surface area contributed by atoms with Crippen LogP contribution in [0.1, 0.15) is 22.3 Å². The average molecular weight is 531 g/mol. The Bertz CT molecular complexity index is 1590. The molecule has 0 radical (unpaired) electrons. The summed E-state index contributed by atoms with van der Waals surface area (Å²) in [4.78, 5) is 12.4. The number of rotatable bonds is 10. The first kappa shape index (κ1) is 26.4. The van der Waals surface area contributed by atoms with Crippen molar-refractivity contribution in [2.45, 2.75) is 20.5 Å². The number of aromatic nitrogens is 2. The second kappa shape index (κ2) is 12.6. The lowest BCUT2D eigenvalue weighted by molar-refractivity contribution is -0.123. The molecule has 0 fully saturated rings. The molecule has 0 aliphatic carbocycles. The van der Waals surface area contributed by atoms with Gasteiger partial charge in [-0.15, -0.1) is 0 Å². The number of para-hydroxylation sites is 1. The fourth-order valence-corrected chi connectivity index (χ4v) is 4.03. The second-order valence-corrected chi connectivity index (χ2v) is 9.34. The topological polar surface area (TPSA) is 77.7 Å².